The highest BCUT2D eigenvalue weighted by molar-refractivity contribution is 6.08. The van der Waals surface area contributed by atoms with Crippen molar-refractivity contribution in [3.05, 3.63) is 167 Å². The molecule has 0 heterocycles. The molecule has 0 fully saturated rings. The number of carbonyl (C=O) groups excluding carboxylic acids is 4. The highest BCUT2D eigenvalue weighted by Crippen LogP contribution is 2.31. The third-order valence-electron chi connectivity index (χ3n) is 8.79. The van der Waals surface area contributed by atoms with Crippen LogP contribution in [-0.2, 0) is 9.59 Å². The molecule has 0 aliphatic carbocycles. The Morgan fingerprint density at radius 2 is 0.821 bits per heavy atom. The zero-order valence-corrected chi connectivity index (χ0v) is 31.1. The summed E-state index contributed by atoms with van der Waals surface area (Å²) in [4.78, 5) is 54.0. The van der Waals surface area contributed by atoms with Crippen LogP contribution in [0.1, 0.15) is 45.7 Å². The van der Waals surface area contributed by atoms with Gasteiger partial charge in [0.15, 0.2) is 0 Å². The van der Waals surface area contributed by atoms with Crippen molar-refractivity contribution in [1.29, 1.82) is 0 Å². The number of rotatable bonds is 15. The van der Waals surface area contributed by atoms with Crippen LogP contribution in [0.15, 0.2) is 145 Å². The van der Waals surface area contributed by atoms with Gasteiger partial charge in [-0.3, -0.25) is 19.2 Å². The molecule has 0 aliphatic heterocycles. The van der Waals surface area contributed by atoms with Crippen LogP contribution in [-0.4, -0.2) is 49.9 Å². The molecular weight excluding hydrogens is 705 g/mol. The molecular formula is C46H42N4O6. The monoisotopic (exact) mass is 746 g/mol. The third kappa shape index (κ3) is 9.47. The molecule has 0 radical (unpaired) electrons. The number of hydrogen-bond acceptors (Lipinski definition) is 6. The summed E-state index contributed by atoms with van der Waals surface area (Å²) < 4.78 is 11.6. The van der Waals surface area contributed by atoms with Gasteiger partial charge in [0.05, 0.1) is 13.2 Å². The molecule has 6 aromatic rings. The number of amides is 4. The number of hydrogen-bond donors (Lipinski definition) is 4. The Balaban J connectivity index is 1.22. The van der Waals surface area contributed by atoms with E-state index < -0.39 is 23.6 Å². The van der Waals surface area contributed by atoms with Crippen LogP contribution in [0.25, 0.3) is 33.7 Å². The molecule has 6 aromatic carbocycles. The van der Waals surface area contributed by atoms with E-state index in [1.54, 1.807) is 72.8 Å². The van der Waals surface area contributed by atoms with Gasteiger partial charge in [-0.1, -0.05) is 97.1 Å². The first kappa shape index (κ1) is 38.5. The summed E-state index contributed by atoms with van der Waals surface area (Å²) >= 11 is 0. The first-order valence-electron chi connectivity index (χ1n) is 18.4. The van der Waals surface area contributed by atoms with Crippen LogP contribution in [0.3, 0.4) is 0 Å². The molecule has 0 atom stereocenters. The van der Waals surface area contributed by atoms with Gasteiger partial charge in [-0.15, -0.1) is 0 Å². The number of fused-ring (bicyclic) bond motifs is 2. The molecule has 0 aromatic heterocycles. The van der Waals surface area contributed by atoms with E-state index in [2.05, 4.69) is 21.3 Å². The largest absolute Gasteiger partial charge is 0.493 e. The fraction of sp³-hybridized carbons (Fsp3) is 0.130. The van der Waals surface area contributed by atoms with Crippen molar-refractivity contribution in [2.45, 2.75) is 13.8 Å². The molecule has 4 amide bonds. The van der Waals surface area contributed by atoms with Gasteiger partial charge in [0.25, 0.3) is 23.6 Å². The minimum absolute atomic E-state index is 0.0116. The van der Waals surface area contributed by atoms with Gasteiger partial charge in [-0.2, -0.15) is 0 Å². The highest BCUT2D eigenvalue weighted by atomic mass is 16.5. The smallest absolute Gasteiger partial charge is 0.267 e. The van der Waals surface area contributed by atoms with Crippen LogP contribution < -0.4 is 30.7 Å². The molecule has 56 heavy (non-hydrogen) atoms. The van der Waals surface area contributed by atoms with E-state index >= 15 is 0 Å². The lowest BCUT2D eigenvalue weighted by atomic mass is 10.0. The summed E-state index contributed by atoms with van der Waals surface area (Å²) in [5.41, 5.74) is 2.18. The maximum absolute atomic E-state index is 13.7. The molecule has 0 aliphatic rings. The number of ether oxygens (including phenoxy) is 2. The topological polar surface area (TPSA) is 135 Å². The highest BCUT2D eigenvalue weighted by Gasteiger charge is 2.18. The summed E-state index contributed by atoms with van der Waals surface area (Å²) in [6.45, 7) is 4.83. The summed E-state index contributed by atoms with van der Waals surface area (Å²) in [7, 11) is 0. The average molecular weight is 747 g/mol. The molecule has 0 saturated carbocycles. The lowest BCUT2D eigenvalue weighted by molar-refractivity contribution is -0.119. The van der Waals surface area contributed by atoms with Crippen molar-refractivity contribution in [2.24, 2.45) is 0 Å². The zero-order chi connectivity index (χ0) is 39.3. The second-order valence-electron chi connectivity index (χ2n) is 12.5. The Hall–Kier alpha value is -7.20. The van der Waals surface area contributed by atoms with Crippen molar-refractivity contribution >= 4 is 57.3 Å². The number of benzene rings is 6. The second kappa shape index (κ2) is 18.7. The van der Waals surface area contributed by atoms with Crippen molar-refractivity contribution in [2.75, 3.05) is 26.3 Å². The van der Waals surface area contributed by atoms with Crippen molar-refractivity contribution in [1.82, 2.24) is 21.3 Å². The fourth-order valence-electron chi connectivity index (χ4n) is 6.14. The van der Waals surface area contributed by atoms with E-state index in [4.69, 9.17) is 9.47 Å². The first-order valence-corrected chi connectivity index (χ1v) is 18.4. The predicted octanol–water partition coefficient (Wildman–Crippen LogP) is 7.26. The molecule has 0 saturated heterocycles. The lowest BCUT2D eigenvalue weighted by Crippen LogP contribution is -2.41. The van der Waals surface area contributed by atoms with Gasteiger partial charge in [-0.05, 0) is 84.3 Å². The van der Waals surface area contributed by atoms with Gasteiger partial charge in [0.2, 0.25) is 0 Å². The minimum atomic E-state index is -0.560. The third-order valence-corrected chi connectivity index (χ3v) is 8.79. The molecule has 0 spiro atoms. The molecule has 10 nitrogen and oxygen atoms in total. The van der Waals surface area contributed by atoms with Crippen molar-refractivity contribution < 1.29 is 28.7 Å². The predicted molar refractivity (Wildman–Crippen MR) is 220 cm³/mol. The van der Waals surface area contributed by atoms with Crippen LogP contribution in [0.4, 0.5) is 0 Å². The van der Waals surface area contributed by atoms with E-state index in [0.717, 1.165) is 21.5 Å². The van der Waals surface area contributed by atoms with Gasteiger partial charge in [0, 0.05) is 35.0 Å². The van der Waals surface area contributed by atoms with E-state index in [9.17, 15) is 19.2 Å². The van der Waals surface area contributed by atoms with Gasteiger partial charge < -0.3 is 30.7 Å². The molecule has 0 unspecified atom stereocenters. The van der Waals surface area contributed by atoms with E-state index in [0.29, 0.717) is 47.0 Å². The Morgan fingerprint density at radius 1 is 0.464 bits per heavy atom. The quantitative estimate of drug-likeness (QED) is 0.0646. The molecule has 4 N–H and O–H groups in total. The Morgan fingerprint density at radius 3 is 1.20 bits per heavy atom. The first-order chi connectivity index (χ1) is 27.4. The van der Waals surface area contributed by atoms with Crippen molar-refractivity contribution in [3.63, 3.8) is 0 Å². The molecule has 6 rings (SSSR count). The van der Waals surface area contributed by atoms with E-state index in [1.807, 2.05) is 86.6 Å². The summed E-state index contributed by atoms with van der Waals surface area (Å²) in [5, 5.41) is 14.6. The molecule has 10 heteroatoms. The average Bonchev–Trinajstić information content (AvgIpc) is 3.24. The van der Waals surface area contributed by atoms with Crippen LogP contribution in [0, 0.1) is 0 Å². The van der Waals surface area contributed by atoms with Crippen molar-refractivity contribution in [3.8, 4) is 11.5 Å². The second-order valence-corrected chi connectivity index (χ2v) is 12.5. The van der Waals surface area contributed by atoms with Gasteiger partial charge >= 0.3 is 0 Å². The van der Waals surface area contributed by atoms with Gasteiger partial charge in [0.1, 0.15) is 22.9 Å². The maximum atomic E-state index is 13.7. The fourth-order valence-corrected chi connectivity index (χ4v) is 6.14. The Bertz CT molecular complexity index is 2260. The molecule has 0 bridgehead atoms. The summed E-state index contributed by atoms with van der Waals surface area (Å²) in [6.07, 6.45) is 3.24. The summed E-state index contributed by atoms with van der Waals surface area (Å²) in [5.74, 6) is -0.618. The zero-order valence-electron chi connectivity index (χ0n) is 31.1. The summed E-state index contributed by atoms with van der Waals surface area (Å²) in [6, 6.07) is 39.8. The van der Waals surface area contributed by atoms with Crippen LogP contribution in [0.5, 0.6) is 11.5 Å². The normalized spacial score (nSPS) is 11.5. The lowest BCUT2D eigenvalue weighted by Gasteiger charge is -2.15. The standard InChI is InChI=1S/C46H42N4O6/c1-3-55-41-25-23-33(35-19-11-13-21-37(35)41)29-39(49-43(51)31-15-7-5-8-16-31)45(53)47-27-28-48-46(54)40(50-44(52)32-17-9-6-10-18-32)30-34-24-26-42(56-4-2)38-22-14-12-20-36(34)38/h5-26,29-30H,3-4,27-28H2,1-2H3,(H,47,53)(H,48,54)(H,49,51)(H,50,52). The number of carbonyl (C=O) groups is 4. The minimum Gasteiger partial charge on any atom is -0.493 e. The van der Waals surface area contributed by atoms with Crippen LogP contribution >= 0.6 is 0 Å². The maximum Gasteiger partial charge on any atom is 0.267 e. The van der Waals surface area contributed by atoms with E-state index in [-0.39, 0.29) is 24.5 Å². The van der Waals surface area contributed by atoms with Gasteiger partial charge in [-0.25, -0.2) is 0 Å². The SMILES string of the molecule is CCOc1ccc(C=C(NC(=O)c2ccccc2)C(=O)NCCNC(=O)C(=Cc2ccc(OCC)c3ccccc23)NC(=O)c2ccccc2)c2ccccc12. The Labute approximate surface area is 325 Å². The van der Waals surface area contributed by atoms with E-state index in [1.165, 1.54) is 0 Å². The molecule has 282 valence electrons. The Kier molecular flexibility index (Phi) is 12.9. The van der Waals surface area contributed by atoms with Crippen LogP contribution in [0.2, 0.25) is 0 Å². The number of nitrogens with one attached hydrogen (secondary N) is 4.